The zero-order valence-corrected chi connectivity index (χ0v) is 14.8. The molecule has 3 heterocycles. The Bertz CT molecular complexity index is 857. The molecule has 3 N–H and O–H groups in total. The molecule has 9 nitrogen and oxygen atoms in total. The average molecular weight is 368 g/mol. The van der Waals surface area contributed by atoms with Gasteiger partial charge < -0.3 is 14.5 Å². The molecular formula is C15H21N4O5P. The van der Waals surface area contributed by atoms with Gasteiger partial charge in [-0.3, -0.25) is 14.3 Å². The Morgan fingerprint density at radius 1 is 1.40 bits per heavy atom. The number of hydrogen-bond donors (Lipinski definition) is 3. The molecule has 0 aliphatic carbocycles. The van der Waals surface area contributed by atoms with Crippen LogP contribution in [0.2, 0.25) is 0 Å². The Kier molecular flexibility index (Phi) is 5.19. The minimum Gasteiger partial charge on any atom is -0.480 e. The van der Waals surface area contributed by atoms with E-state index in [1.165, 1.54) is 7.11 Å². The fraction of sp³-hybridized carbons (Fsp3) is 0.533. The number of piperidine rings is 1. The van der Waals surface area contributed by atoms with Crippen molar-refractivity contribution in [1.82, 2.24) is 20.1 Å². The van der Waals surface area contributed by atoms with Crippen LogP contribution in [0.3, 0.4) is 0 Å². The molecule has 1 saturated heterocycles. The molecule has 0 unspecified atom stereocenters. The first-order valence-corrected chi connectivity index (χ1v) is 9.83. The highest BCUT2D eigenvalue weighted by molar-refractivity contribution is 7.51. The molecule has 0 bridgehead atoms. The van der Waals surface area contributed by atoms with Crippen molar-refractivity contribution in [3.05, 3.63) is 28.3 Å². The van der Waals surface area contributed by atoms with Gasteiger partial charge in [-0.25, -0.2) is 10.1 Å². The van der Waals surface area contributed by atoms with Crippen LogP contribution >= 0.6 is 7.60 Å². The highest BCUT2D eigenvalue weighted by Crippen LogP contribution is 2.39. The van der Waals surface area contributed by atoms with Gasteiger partial charge in [-0.05, 0) is 37.9 Å². The largest absolute Gasteiger partial charge is 0.480 e. The number of nitrogens with zero attached hydrogens (tertiary/aromatic N) is 3. The van der Waals surface area contributed by atoms with E-state index in [9.17, 15) is 9.36 Å². The minimum absolute atomic E-state index is 0.0443. The Balaban J connectivity index is 1.72. The van der Waals surface area contributed by atoms with Crippen LogP contribution in [0.15, 0.2) is 17.1 Å². The molecule has 2 aromatic rings. The van der Waals surface area contributed by atoms with Crippen LogP contribution < -0.4 is 10.3 Å². The number of aromatic nitrogens is 3. The maximum atomic E-state index is 11.9. The lowest BCUT2D eigenvalue weighted by molar-refractivity contribution is 0.180. The predicted octanol–water partition coefficient (Wildman–Crippen LogP) is 0.716. The molecule has 0 spiro atoms. The van der Waals surface area contributed by atoms with Gasteiger partial charge in [0.05, 0.1) is 25.2 Å². The van der Waals surface area contributed by atoms with E-state index in [2.05, 4.69) is 20.1 Å². The van der Waals surface area contributed by atoms with Crippen molar-refractivity contribution >= 4 is 18.4 Å². The van der Waals surface area contributed by atoms with Crippen LogP contribution in [0.1, 0.15) is 18.5 Å². The summed E-state index contributed by atoms with van der Waals surface area (Å²) in [7, 11) is -2.48. The van der Waals surface area contributed by atoms with Crippen molar-refractivity contribution in [3.63, 3.8) is 0 Å². The van der Waals surface area contributed by atoms with E-state index >= 15 is 0 Å². The predicted molar refractivity (Wildman–Crippen MR) is 91.6 cm³/mol. The molecule has 0 saturated carbocycles. The van der Waals surface area contributed by atoms with E-state index < -0.39 is 7.60 Å². The third-order valence-corrected chi connectivity index (χ3v) is 5.44. The summed E-state index contributed by atoms with van der Waals surface area (Å²) < 4.78 is 16.4. The van der Waals surface area contributed by atoms with E-state index in [0.29, 0.717) is 17.3 Å². The molecule has 0 radical (unpaired) electrons. The second-order valence-electron chi connectivity index (χ2n) is 6.35. The minimum atomic E-state index is -3.95. The SMILES string of the molecule is COc1nc(CN2CCC(CP(=O)(O)O)CC2)cc2cn[nH]c(=O)c12. The van der Waals surface area contributed by atoms with Crippen molar-refractivity contribution in [2.75, 3.05) is 26.4 Å². The summed E-state index contributed by atoms with van der Waals surface area (Å²) in [6, 6.07) is 1.82. The lowest BCUT2D eigenvalue weighted by Crippen LogP contribution is -2.34. The summed E-state index contributed by atoms with van der Waals surface area (Å²) in [6.45, 7) is 2.09. The molecule has 0 amide bonds. The number of likely N-dealkylation sites (tertiary alicyclic amines) is 1. The van der Waals surface area contributed by atoms with Gasteiger partial charge in [0, 0.05) is 11.9 Å². The zero-order chi connectivity index (χ0) is 18.0. The third-order valence-electron chi connectivity index (χ3n) is 4.45. The number of fused-ring (bicyclic) bond motifs is 1. The van der Waals surface area contributed by atoms with Gasteiger partial charge in [-0.2, -0.15) is 5.10 Å². The second-order valence-corrected chi connectivity index (χ2v) is 8.05. The van der Waals surface area contributed by atoms with Crippen molar-refractivity contribution in [3.8, 4) is 5.88 Å². The van der Waals surface area contributed by atoms with E-state index in [0.717, 1.165) is 31.6 Å². The molecule has 1 fully saturated rings. The molecule has 1 aliphatic heterocycles. The summed E-state index contributed by atoms with van der Waals surface area (Å²) in [5, 5.41) is 7.23. The van der Waals surface area contributed by atoms with Crippen molar-refractivity contribution in [2.45, 2.75) is 19.4 Å². The highest BCUT2D eigenvalue weighted by atomic mass is 31.2. The Morgan fingerprint density at radius 2 is 2.12 bits per heavy atom. The van der Waals surface area contributed by atoms with E-state index in [4.69, 9.17) is 14.5 Å². The maximum Gasteiger partial charge on any atom is 0.325 e. The van der Waals surface area contributed by atoms with Gasteiger partial charge in [0.15, 0.2) is 0 Å². The van der Waals surface area contributed by atoms with Crippen molar-refractivity contribution < 1.29 is 19.1 Å². The second kappa shape index (κ2) is 7.21. The van der Waals surface area contributed by atoms with E-state index in [1.807, 2.05) is 6.07 Å². The molecule has 25 heavy (non-hydrogen) atoms. The first-order valence-electron chi connectivity index (χ1n) is 8.04. The molecule has 10 heteroatoms. The summed E-state index contributed by atoms with van der Waals surface area (Å²) >= 11 is 0. The standard InChI is InChI=1S/C15H21N4O5P/c1-24-15-13-11(7-16-18-14(13)20)6-12(17-15)8-19-4-2-10(3-5-19)9-25(21,22)23/h6-7,10H,2-5,8-9H2,1H3,(H,18,20)(H2,21,22,23). The van der Waals surface area contributed by atoms with Gasteiger partial charge in [0.2, 0.25) is 5.88 Å². The molecule has 2 aromatic heterocycles. The average Bonchev–Trinajstić information content (AvgIpc) is 2.55. The molecule has 0 aromatic carbocycles. The van der Waals surface area contributed by atoms with Crippen LogP contribution in [0, 0.1) is 5.92 Å². The quantitative estimate of drug-likeness (QED) is 0.659. The molecule has 136 valence electrons. The number of methoxy groups -OCH3 is 1. The zero-order valence-electron chi connectivity index (χ0n) is 13.9. The Morgan fingerprint density at radius 3 is 2.76 bits per heavy atom. The van der Waals surface area contributed by atoms with Crippen molar-refractivity contribution in [1.29, 1.82) is 0 Å². The van der Waals surface area contributed by atoms with Crippen LogP contribution in [-0.2, 0) is 11.1 Å². The summed E-state index contributed by atoms with van der Waals surface area (Å²) in [5.41, 5.74) is 0.428. The highest BCUT2D eigenvalue weighted by Gasteiger charge is 2.26. The van der Waals surface area contributed by atoms with E-state index in [-0.39, 0.29) is 23.5 Å². The number of rotatable bonds is 5. The fourth-order valence-corrected chi connectivity index (χ4v) is 4.30. The lowest BCUT2D eigenvalue weighted by Gasteiger charge is -2.31. The lowest BCUT2D eigenvalue weighted by atomic mass is 9.99. The third kappa shape index (κ3) is 4.43. The number of H-pyrrole nitrogens is 1. The number of pyridine rings is 1. The maximum absolute atomic E-state index is 11.9. The van der Waals surface area contributed by atoms with Gasteiger partial charge >= 0.3 is 7.60 Å². The fourth-order valence-electron chi connectivity index (χ4n) is 3.26. The number of nitrogens with one attached hydrogen (secondary N) is 1. The summed E-state index contributed by atoms with van der Waals surface area (Å²) in [6.07, 6.45) is 3.02. The first kappa shape index (κ1) is 18.0. The van der Waals surface area contributed by atoms with Crippen LogP contribution in [0.5, 0.6) is 5.88 Å². The van der Waals surface area contributed by atoms with Gasteiger partial charge in [0.1, 0.15) is 5.39 Å². The number of hydrogen-bond acceptors (Lipinski definition) is 6. The van der Waals surface area contributed by atoms with Gasteiger partial charge in [-0.15, -0.1) is 0 Å². The number of ether oxygens (including phenoxy) is 1. The van der Waals surface area contributed by atoms with E-state index in [1.54, 1.807) is 6.20 Å². The molecule has 0 atom stereocenters. The smallest absolute Gasteiger partial charge is 0.325 e. The van der Waals surface area contributed by atoms with Crippen LogP contribution in [0.4, 0.5) is 0 Å². The number of aromatic amines is 1. The molecule has 1 aliphatic rings. The Hall–Kier alpha value is -1.80. The summed E-state index contributed by atoms with van der Waals surface area (Å²) in [5.74, 6) is 0.325. The molecule has 3 rings (SSSR count). The Labute approximate surface area is 144 Å². The first-order chi connectivity index (χ1) is 11.9. The van der Waals surface area contributed by atoms with Crippen molar-refractivity contribution in [2.24, 2.45) is 5.92 Å². The monoisotopic (exact) mass is 368 g/mol. The van der Waals surface area contributed by atoms with Crippen LogP contribution in [-0.4, -0.2) is 56.2 Å². The van der Waals surface area contributed by atoms with Crippen LogP contribution in [0.25, 0.3) is 10.8 Å². The normalized spacial score (nSPS) is 17.1. The van der Waals surface area contributed by atoms with Gasteiger partial charge in [-0.1, -0.05) is 0 Å². The van der Waals surface area contributed by atoms with Gasteiger partial charge in [0.25, 0.3) is 5.56 Å². The summed E-state index contributed by atoms with van der Waals surface area (Å²) in [4.78, 5) is 36.7. The topological polar surface area (TPSA) is 129 Å². The molecular weight excluding hydrogens is 347 g/mol.